The molecule has 3 aromatic rings. The number of nitrogens with one attached hydrogen (secondary N) is 2. The molecule has 0 saturated heterocycles. The number of carbonyl (C=O) groups is 1. The van der Waals surface area contributed by atoms with Gasteiger partial charge in [0, 0.05) is 24.6 Å². The van der Waals surface area contributed by atoms with Crippen LogP contribution in [0.3, 0.4) is 0 Å². The van der Waals surface area contributed by atoms with Crippen molar-refractivity contribution in [3.8, 4) is 0 Å². The molecule has 1 aromatic heterocycles. The molecular formula is C20H19FN4O. The molecule has 0 fully saturated rings. The minimum absolute atomic E-state index is 0.285. The predicted molar refractivity (Wildman–Crippen MR) is 98.8 cm³/mol. The molecule has 0 saturated carbocycles. The molecule has 3 rings (SSSR count). The molecule has 1 amide bonds. The van der Waals surface area contributed by atoms with E-state index >= 15 is 0 Å². The van der Waals surface area contributed by atoms with Crippen LogP contribution in [0.5, 0.6) is 0 Å². The Hall–Kier alpha value is -3.28. The Labute approximate surface area is 151 Å². The van der Waals surface area contributed by atoms with Crippen molar-refractivity contribution in [2.75, 3.05) is 5.32 Å². The van der Waals surface area contributed by atoms with Crippen LogP contribution < -0.4 is 10.6 Å². The van der Waals surface area contributed by atoms with Crippen molar-refractivity contribution < 1.29 is 9.18 Å². The van der Waals surface area contributed by atoms with Gasteiger partial charge in [-0.2, -0.15) is 0 Å². The van der Waals surface area contributed by atoms with Crippen LogP contribution in [-0.2, 0) is 6.54 Å². The van der Waals surface area contributed by atoms with E-state index in [-0.39, 0.29) is 11.7 Å². The Kier molecular flexibility index (Phi) is 5.22. The van der Waals surface area contributed by atoms with E-state index in [2.05, 4.69) is 27.5 Å². The van der Waals surface area contributed by atoms with Gasteiger partial charge in [0.05, 0.1) is 5.56 Å². The topological polar surface area (TPSA) is 66.9 Å². The molecule has 6 heteroatoms. The molecule has 1 heterocycles. The first kappa shape index (κ1) is 17.5. The van der Waals surface area contributed by atoms with Gasteiger partial charge >= 0.3 is 0 Å². The molecule has 2 aromatic carbocycles. The van der Waals surface area contributed by atoms with Crippen molar-refractivity contribution >= 4 is 17.5 Å². The summed E-state index contributed by atoms with van der Waals surface area (Å²) in [6, 6.07) is 12.0. The first-order valence-corrected chi connectivity index (χ1v) is 8.20. The van der Waals surface area contributed by atoms with E-state index in [0.29, 0.717) is 18.1 Å². The SMILES string of the molecule is Cc1ccc(Nc2ncc(C(=O)NCc3ccc(F)cc3)cn2)cc1C. The Balaban J connectivity index is 1.60. The van der Waals surface area contributed by atoms with Crippen LogP contribution in [0.15, 0.2) is 54.9 Å². The van der Waals surface area contributed by atoms with Gasteiger partial charge in [-0.05, 0) is 54.8 Å². The number of carbonyl (C=O) groups excluding carboxylic acids is 1. The van der Waals surface area contributed by atoms with Crippen LogP contribution in [-0.4, -0.2) is 15.9 Å². The van der Waals surface area contributed by atoms with Gasteiger partial charge in [0.25, 0.3) is 5.91 Å². The van der Waals surface area contributed by atoms with E-state index in [1.165, 1.54) is 35.7 Å². The number of amides is 1. The van der Waals surface area contributed by atoms with Crippen LogP contribution in [0.1, 0.15) is 27.0 Å². The first-order chi connectivity index (χ1) is 12.5. The third-order valence-corrected chi connectivity index (χ3v) is 4.04. The molecule has 132 valence electrons. The second-order valence-electron chi connectivity index (χ2n) is 6.03. The highest BCUT2D eigenvalue weighted by Crippen LogP contribution is 2.17. The fourth-order valence-corrected chi connectivity index (χ4v) is 2.34. The summed E-state index contributed by atoms with van der Waals surface area (Å²) in [5.74, 6) is -0.171. The minimum atomic E-state index is -0.305. The highest BCUT2D eigenvalue weighted by atomic mass is 19.1. The minimum Gasteiger partial charge on any atom is -0.348 e. The summed E-state index contributed by atoms with van der Waals surface area (Å²) in [5, 5.41) is 5.87. The lowest BCUT2D eigenvalue weighted by Crippen LogP contribution is -2.23. The van der Waals surface area contributed by atoms with E-state index in [1.54, 1.807) is 12.1 Å². The van der Waals surface area contributed by atoms with Gasteiger partial charge in [-0.25, -0.2) is 14.4 Å². The summed E-state index contributed by atoms with van der Waals surface area (Å²) < 4.78 is 12.9. The fraction of sp³-hybridized carbons (Fsp3) is 0.150. The van der Waals surface area contributed by atoms with Crippen LogP contribution in [0.4, 0.5) is 16.0 Å². The number of hydrogen-bond donors (Lipinski definition) is 2. The summed E-state index contributed by atoms with van der Waals surface area (Å²) in [4.78, 5) is 20.5. The average Bonchev–Trinajstić information content (AvgIpc) is 2.65. The fourth-order valence-electron chi connectivity index (χ4n) is 2.34. The summed E-state index contributed by atoms with van der Waals surface area (Å²) in [6.45, 7) is 4.40. The number of hydrogen-bond acceptors (Lipinski definition) is 4. The van der Waals surface area contributed by atoms with Crippen LogP contribution in [0, 0.1) is 19.7 Å². The molecule has 0 aliphatic heterocycles. The van der Waals surface area contributed by atoms with Crippen molar-refractivity contribution in [3.05, 3.63) is 82.9 Å². The number of anilines is 2. The van der Waals surface area contributed by atoms with Crippen LogP contribution in [0.25, 0.3) is 0 Å². The Morgan fingerprint density at radius 2 is 1.69 bits per heavy atom. The molecule has 0 bridgehead atoms. The smallest absolute Gasteiger partial charge is 0.254 e. The molecule has 0 atom stereocenters. The largest absolute Gasteiger partial charge is 0.348 e. The Morgan fingerprint density at radius 1 is 1.00 bits per heavy atom. The maximum absolute atomic E-state index is 12.9. The maximum Gasteiger partial charge on any atom is 0.254 e. The second-order valence-corrected chi connectivity index (χ2v) is 6.03. The second kappa shape index (κ2) is 7.74. The first-order valence-electron chi connectivity index (χ1n) is 8.20. The van der Waals surface area contributed by atoms with Gasteiger partial charge in [-0.3, -0.25) is 4.79 Å². The highest BCUT2D eigenvalue weighted by molar-refractivity contribution is 5.93. The number of nitrogens with zero attached hydrogens (tertiary/aromatic N) is 2. The molecule has 2 N–H and O–H groups in total. The monoisotopic (exact) mass is 350 g/mol. The van der Waals surface area contributed by atoms with Gasteiger partial charge in [-0.15, -0.1) is 0 Å². The van der Waals surface area contributed by atoms with Crippen molar-refractivity contribution in [1.82, 2.24) is 15.3 Å². The van der Waals surface area contributed by atoms with E-state index in [0.717, 1.165) is 11.3 Å². The van der Waals surface area contributed by atoms with Gasteiger partial charge in [-0.1, -0.05) is 18.2 Å². The van der Waals surface area contributed by atoms with Gasteiger partial charge in [0.1, 0.15) is 5.82 Å². The van der Waals surface area contributed by atoms with Gasteiger partial charge in [0.2, 0.25) is 5.95 Å². The number of aryl methyl sites for hydroxylation is 2. The van der Waals surface area contributed by atoms with E-state index in [9.17, 15) is 9.18 Å². The molecule has 0 radical (unpaired) electrons. The van der Waals surface area contributed by atoms with E-state index in [4.69, 9.17) is 0 Å². The quantitative estimate of drug-likeness (QED) is 0.732. The third-order valence-electron chi connectivity index (χ3n) is 4.04. The number of halogens is 1. The van der Waals surface area contributed by atoms with Crippen LogP contribution >= 0.6 is 0 Å². The normalized spacial score (nSPS) is 10.4. The Bertz CT molecular complexity index is 908. The predicted octanol–water partition coefficient (Wildman–Crippen LogP) is 3.91. The standard InChI is InChI=1S/C20H19FN4O/c1-13-3-8-18(9-14(13)2)25-20-23-11-16(12-24-20)19(26)22-10-15-4-6-17(21)7-5-15/h3-9,11-12H,10H2,1-2H3,(H,22,26)(H,23,24,25). The zero-order chi connectivity index (χ0) is 18.5. The molecule has 0 unspecified atom stereocenters. The lowest BCUT2D eigenvalue weighted by Gasteiger charge is -2.08. The van der Waals surface area contributed by atoms with Crippen molar-refractivity contribution in [3.63, 3.8) is 0 Å². The van der Waals surface area contributed by atoms with Crippen molar-refractivity contribution in [2.45, 2.75) is 20.4 Å². The zero-order valence-electron chi connectivity index (χ0n) is 14.6. The highest BCUT2D eigenvalue weighted by Gasteiger charge is 2.07. The van der Waals surface area contributed by atoms with Crippen molar-refractivity contribution in [1.29, 1.82) is 0 Å². The lowest BCUT2D eigenvalue weighted by molar-refractivity contribution is 0.0950. The van der Waals surface area contributed by atoms with Crippen molar-refractivity contribution in [2.24, 2.45) is 0 Å². The Morgan fingerprint density at radius 3 is 2.35 bits per heavy atom. The summed E-state index contributed by atoms with van der Waals surface area (Å²) in [5.41, 5.74) is 4.45. The summed E-state index contributed by atoms with van der Waals surface area (Å²) in [7, 11) is 0. The van der Waals surface area contributed by atoms with Gasteiger partial charge < -0.3 is 10.6 Å². The molecule has 0 aliphatic rings. The lowest BCUT2D eigenvalue weighted by atomic mass is 10.1. The third kappa shape index (κ3) is 4.42. The molecule has 0 spiro atoms. The molecule has 0 aliphatic carbocycles. The molecule has 5 nitrogen and oxygen atoms in total. The number of rotatable bonds is 5. The van der Waals surface area contributed by atoms with E-state index in [1.807, 2.05) is 25.1 Å². The maximum atomic E-state index is 12.9. The zero-order valence-corrected chi connectivity index (χ0v) is 14.6. The van der Waals surface area contributed by atoms with E-state index < -0.39 is 0 Å². The molecular weight excluding hydrogens is 331 g/mol. The summed E-state index contributed by atoms with van der Waals surface area (Å²) in [6.07, 6.45) is 2.94. The van der Waals surface area contributed by atoms with Crippen LogP contribution in [0.2, 0.25) is 0 Å². The number of aromatic nitrogens is 2. The molecule has 26 heavy (non-hydrogen) atoms. The average molecular weight is 350 g/mol. The van der Waals surface area contributed by atoms with Gasteiger partial charge in [0.15, 0.2) is 0 Å². The number of benzene rings is 2. The summed E-state index contributed by atoms with van der Waals surface area (Å²) >= 11 is 0.